The van der Waals surface area contributed by atoms with Crippen molar-refractivity contribution in [3.05, 3.63) is 0 Å². The highest BCUT2D eigenvalue weighted by molar-refractivity contribution is 5.83. The molecule has 0 aromatic heterocycles. The number of urea groups is 1. The predicted molar refractivity (Wildman–Crippen MR) is 61.0 cm³/mol. The van der Waals surface area contributed by atoms with Crippen LogP contribution < -0.4 is 0 Å². The van der Waals surface area contributed by atoms with Gasteiger partial charge in [0.15, 0.2) is 0 Å². The molecule has 2 aliphatic rings. The Morgan fingerprint density at radius 1 is 1.33 bits per heavy atom. The Hall–Kier alpha value is -1.34. The quantitative estimate of drug-likeness (QED) is 0.605. The first kappa shape index (κ1) is 13.1. The second-order valence-electron chi connectivity index (χ2n) is 4.83. The first-order chi connectivity index (χ1) is 8.54. The van der Waals surface area contributed by atoms with Gasteiger partial charge in [0.1, 0.15) is 6.04 Å². The van der Waals surface area contributed by atoms with Crippen molar-refractivity contribution >= 4 is 12.0 Å². The Bertz CT molecular complexity index is 344. The highest BCUT2D eigenvalue weighted by Gasteiger charge is 2.43. The number of aliphatic hydroxyl groups is 2. The molecule has 18 heavy (non-hydrogen) atoms. The molecule has 102 valence electrons. The van der Waals surface area contributed by atoms with Crippen LogP contribution in [0.3, 0.4) is 0 Å². The van der Waals surface area contributed by atoms with Crippen LogP contribution in [0.2, 0.25) is 0 Å². The minimum atomic E-state index is -1.10. The third kappa shape index (κ3) is 2.56. The molecule has 2 rings (SSSR count). The van der Waals surface area contributed by atoms with E-state index in [1.165, 1.54) is 9.80 Å². The van der Waals surface area contributed by atoms with E-state index in [9.17, 15) is 14.7 Å². The molecule has 1 heterocycles. The maximum absolute atomic E-state index is 12.2. The minimum absolute atomic E-state index is 0.0461. The Labute approximate surface area is 105 Å². The Morgan fingerprint density at radius 2 is 2.00 bits per heavy atom. The van der Waals surface area contributed by atoms with Crippen LogP contribution in [0.25, 0.3) is 0 Å². The zero-order chi connectivity index (χ0) is 13.3. The van der Waals surface area contributed by atoms with Crippen LogP contribution in [0, 0.1) is 0 Å². The molecule has 0 spiro atoms. The summed E-state index contributed by atoms with van der Waals surface area (Å²) in [6.07, 6.45) is 1.06. The summed E-state index contributed by atoms with van der Waals surface area (Å²) in [6.45, 7) is 0.114. The lowest BCUT2D eigenvalue weighted by atomic mass is 10.2. The Morgan fingerprint density at radius 3 is 2.50 bits per heavy atom. The lowest BCUT2D eigenvalue weighted by Gasteiger charge is -2.29. The van der Waals surface area contributed by atoms with Gasteiger partial charge in [-0.05, 0) is 12.8 Å². The first-order valence-electron chi connectivity index (χ1n) is 6.13. The van der Waals surface area contributed by atoms with Crippen LogP contribution in [0.15, 0.2) is 0 Å². The summed E-state index contributed by atoms with van der Waals surface area (Å²) in [5.74, 6) is -1.10. The third-order valence-corrected chi connectivity index (χ3v) is 3.38. The SMILES string of the molecule is O=C(O)[C@@H]1CC(O)CN1C(=O)N(CCO)C1CC1. The number of carboxylic acids is 1. The number of carbonyl (C=O) groups is 2. The zero-order valence-electron chi connectivity index (χ0n) is 10.0. The number of hydrogen-bond donors (Lipinski definition) is 3. The molecule has 1 saturated carbocycles. The minimum Gasteiger partial charge on any atom is -0.480 e. The van der Waals surface area contributed by atoms with Gasteiger partial charge in [0, 0.05) is 25.6 Å². The largest absolute Gasteiger partial charge is 0.480 e. The van der Waals surface area contributed by atoms with Crippen molar-refractivity contribution in [1.29, 1.82) is 0 Å². The van der Waals surface area contributed by atoms with E-state index < -0.39 is 24.1 Å². The number of nitrogens with zero attached hydrogens (tertiary/aromatic N) is 2. The van der Waals surface area contributed by atoms with E-state index in [2.05, 4.69) is 0 Å². The topological polar surface area (TPSA) is 101 Å². The summed E-state index contributed by atoms with van der Waals surface area (Å²) in [4.78, 5) is 26.0. The van der Waals surface area contributed by atoms with Crippen molar-refractivity contribution in [3.8, 4) is 0 Å². The van der Waals surface area contributed by atoms with E-state index in [1.54, 1.807) is 0 Å². The lowest BCUT2D eigenvalue weighted by Crippen LogP contribution is -2.49. The van der Waals surface area contributed by atoms with Crippen molar-refractivity contribution < 1.29 is 24.9 Å². The number of hydrogen-bond acceptors (Lipinski definition) is 4. The van der Waals surface area contributed by atoms with Crippen LogP contribution in [-0.4, -0.2) is 75.0 Å². The molecule has 1 unspecified atom stereocenters. The molecular weight excluding hydrogens is 240 g/mol. The monoisotopic (exact) mass is 258 g/mol. The standard InChI is InChI=1S/C11H18N2O5/c14-4-3-12(7-1-2-7)11(18)13-6-8(15)5-9(13)10(16)17/h7-9,14-15H,1-6H2,(H,16,17)/t8?,9-/m0/s1. The van der Waals surface area contributed by atoms with Gasteiger partial charge < -0.3 is 25.1 Å². The van der Waals surface area contributed by atoms with Crippen LogP contribution in [0.4, 0.5) is 4.79 Å². The number of carbonyl (C=O) groups excluding carboxylic acids is 1. The van der Waals surface area contributed by atoms with Crippen LogP contribution in [-0.2, 0) is 4.79 Å². The molecule has 7 heteroatoms. The molecule has 1 aliphatic carbocycles. The third-order valence-electron chi connectivity index (χ3n) is 3.38. The molecule has 0 radical (unpaired) electrons. The number of aliphatic hydroxyl groups excluding tert-OH is 2. The Kier molecular flexibility index (Phi) is 3.72. The highest BCUT2D eigenvalue weighted by Crippen LogP contribution is 2.29. The van der Waals surface area contributed by atoms with Crippen molar-refractivity contribution in [2.24, 2.45) is 0 Å². The molecule has 2 fully saturated rings. The van der Waals surface area contributed by atoms with Gasteiger partial charge in [-0.15, -0.1) is 0 Å². The second-order valence-corrected chi connectivity index (χ2v) is 4.83. The fourth-order valence-electron chi connectivity index (χ4n) is 2.35. The average molecular weight is 258 g/mol. The van der Waals surface area contributed by atoms with Gasteiger partial charge in [-0.25, -0.2) is 9.59 Å². The van der Waals surface area contributed by atoms with Gasteiger partial charge in [-0.2, -0.15) is 0 Å². The van der Waals surface area contributed by atoms with Gasteiger partial charge in [0.2, 0.25) is 0 Å². The average Bonchev–Trinajstić information content (AvgIpc) is 3.07. The molecule has 0 aromatic rings. The molecule has 2 amide bonds. The Balaban J connectivity index is 2.08. The normalized spacial score (nSPS) is 27.3. The van der Waals surface area contributed by atoms with Gasteiger partial charge in [-0.3, -0.25) is 0 Å². The number of aliphatic carboxylic acids is 1. The van der Waals surface area contributed by atoms with E-state index in [0.717, 1.165) is 12.8 Å². The van der Waals surface area contributed by atoms with E-state index in [0.29, 0.717) is 0 Å². The smallest absolute Gasteiger partial charge is 0.326 e. The summed E-state index contributed by atoms with van der Waals surface area (Å²) in [6, 6.07) is -1.25. The van der Waals surface area contributed by atoms with Crippen molar-refractivity contribution in [3.63, 3.8) is 0 Å². The van der Waals surface area contributed by atoms with Gasteiger partial charge in [0.05, 0.1) is 12.7 Å². The first-order valence-corrected chi connectivity index (χ1v) is 6.13. The van der Waals surface area contributed by atoms with Gasteiger partial charge >= 0.3 is 12.0 Å². The molecule has 0 bridgehead atoms. The number of amides is 2. The number of rotatable bonds is 4. The van der Waals surface area contributed by atoms with Crippen LogP contribution in [0.5, 0.6) is 0 Å². The van der Waals surface area contributed by atoms with Crippen molar-refractivity contribution in [2.75, 3.05) is 19.7 Å². The molecule has 1 saturated heterocycles. The summed E-state index contributed by atoms with van der Waals surface area (Å²) < 4.78 is 0. The predicted octanol–water partition coefficient (Wildman–Crippen LogP) is -0.917. The van der Waals surface area contributed by atoms with Gasteiger partial charge in [0.25, 0.3) is 0 Å². The number of likely N-dealkylation sites (tertiary alicyclic amines) is 1. The van der Waals surface area contributed by atoms with Crippen LogP contribution >= 0.6 is 0 Å². The maximum atomic E-state index is 12.2. The molecular formula is C11H18N2O5. The molecule has 2 atom stereocenters. The van der Waals surface area contributed by atoms with E-state index in [-0.39, 0.29) is 32.2 Å². The van der Waals surface area contributed by atoms with Crippen LogP contribution in [0.1, 0.15) is 19.3 Å². The van der Waals surface area contributed by atoms with E-state index in [1.807, 2.05) is 0 Å². The molecule has 0 aromatic carbocycles. The van der Waals surface area contributed by atoms with E-state index >= 15 is 0 Å². The molecule has 3 N–H and O–H groups in total. The van der Waals surface area contributed by atoms with Gasteiger partial charge in [-0.1, -0.05) is 0 Å². The lowest BCUT2D eigenvalue weighted by molar-refractivity contribution is -0.141. The molecule has 7 nitrogen and oxygen atoms in total. The molecule has 1 aliphatic heterocycles. The highest BCUT2D eigenvalue weighted by atomic mass is 16.4. The summed E-state index contributed by atoms with van der Waals surface area (Å²) in [7, 11) is 0. The summed E-state index contributed by atoms with van der Waals surface area (Å²) in [5, 5.41) is 27.5. The number of carboxylic acid groups (broad SMARTS) is 1. The maximum Gasteiger partial charge on any atom is 0.326 e. The fourth-order valence-corrected chi connectivity index (χ4v) is 2.35. The fraction of sp³-hybridized carbons (Fsp3) is 0.818. The van der Waals surface area contributed by atoms with Crippen molar-refractivity contribution in [1.82, 2.24) is 9.80 Å². The number of β-amino-alcohol motifs (C(OH)–C–C–N with tert-alkyl or cyclic N) is 1. The summed E-state index contributed by atoms with van der Waals surface area (Å²) >= 11 is 0. The van der Waals surface area contributed by atoms with E-state index in [4.69, 9.17) is 10.2 Å². The summed E-state index contributed by atoms with van der Waals surface area (Å²) in [5.41, 5.74) is 0. The zero-order valence-corrected chi connectivity index (χ0v) is 10.0. The van der Waals surface area contributed by atoms with Crippen molar-refractivity contribution in [2.45, 2.75) is 37.5 Å². The second kappa shape index (κ2) is 5.11.